The van der Waals surface area contributed by atoms with E-state index in [-0.39, 0.29) is 0 Å². The second-order valence-electron chi connectivity index (χ2n) is 3.50. The van der Waals surface area contributed by atoms with E-state index < -0.39 is 0 Å². The Labute approximate surface area is 88.9 Å². The van der Waals surface area contributed by atoms with Crippen LogP contribution in [0.2, 0.25) is 0 Å². The van der Waals surface area contributed by atoms with Crippen molar-refractivity contribution in [1.29, 1.82) is 0 Å². The van der Waals surface area contributed by atoms with Crippen molar-refractivity contribution >= 4 is 0 Å². The molecule has 0 radical (unpaired) electrons. The van der Waals surface area contributed by atoms with Gasteiger partial charge in [-0.25, -0.2) is 4.98 Å². The topological polar surface area (TPSA) is 43.0 Å². The van der Waals surface area contributed by atoms with E-state index in [2.05, 4.69) is 14.9 Å². The number of aromatic nitrogens is 2. The van der Waals surface area contributed by atoms with Crippen molar-refractivity contribution in [3.05, 3.63) is 41.9 Å². The normalized spacial score (nSPS) is 10.8. The lowest BCUT2D eigenvalue weighted by Crippen LogP contribution is -2.03. The summed E-state index contributed by atoms with van der Waals surface area (Å²) in [6.45, 7) is 3.50. The van der Waals surface area contributed by atoms with Crippen LogP contribution in [-0.2, 0) is 13.1 Å². The van der Waals surface area contributed by atoms with Gasteiger partial charge in [-0.1, -0.05) is 0 Å². The molecule has 0 aliphatic carbocycles. The Morgan fingerprint density at radius 2 is 2.20 bits per heavy atom. The standard InChI is InChI=1S/C11H15N3O/c1-9-13-5-6-14(9)8-11-4-3-10(15-11)7-12-2/h3-6,12H,7-8H2,1-2H3. The average Bonchev–Trinajstić information content (AvgIpc) is 2.79. The van der Waals surface area contributed by atoms with Gasteiger partial charge in [0.15, 0.2) is 0 Å². The lowest BCUT2D eigenvalue weighted by molar-refractivity contribution is 0.443. The summed E-state index contributed by atoms with van der Waals surface area (Å²) in [6, 6.07) is 4.00. The van der Waals surface area contributed by atoms with Crippen LogP contribution in [0, 0.1) is 6.92 Å². The molecule has 0 aliphatic rings. The number of rotatable bonds is 4. The van der Waals surface area contributed by atoms with Crippen molar-refractivity contribution in [3.8, 4) is 0 Å². The number of furan rings is 1. The van der Waals surface area contributed by atoms with Gasteiger partial charge in [-0.2, -0.15) is 0 Å². The fourth-order valence-electron chi connectivity index (χ4n) is 1.52. The predicted octanol–water partition coefficient (Wildman–Crippen LogP) is 1.55. The summed E-state index contributed by atoms with van der Waals surface area (Å²) in [6.07, 6.45) is 3.75. The van der Waals surface area contributed by atoms with Crippen molar-refractivity contribution in [2.45, 2.75) is 20.0 Å². The van der Waals surface area contributed by atoms with Gasteiger partial charge in [0.2, 0.25) is 0 Å². The van der Waals surface area contributed by atoms with Gasteiger partial charge in [0.05, 0.1) is 13.1 Å². The summed E-state index contributed by atoms with van der Waals surface area (Å²) >= 11 is 0. The van der Waals surface area contributed by atoms with E-state index >= 15 is 0 Å². The van der Waals surface area contributed by atoms with Crippen molar-refractivity contribution in [3.63, 3.8) is 0 Å². The molecular formula is C11H15N3O. The SMILES string of the molecule is CNCc1ccc(Cn2ccnc2C)o1. The van der Waals surface area contributed by atoms with Crippen LogP contribution < -0.4 is 5.32 Å². The molecule has 4 heteroatoms. The molecule has 0 atom stereocenters. The molecule has 0 aromatic carbocycles. The summed E-state index contributed by atoms with van der Waals surface area (Å²) in [5.41, 5.74) is 0. The lowest BCUT2D eigenvalue weighted by Gasteiger charge is -2.01. The number of aryl methyl sites for hydroxylation is 1. The third kappa shape index (κ3) is 2.27. The number of hydrogen-bond acceptors (Lipinski definition) is 3. The maximum Gasteiger partial charge on any atom is 0.123 e. The molecule has 80 valence electrons. The highest BCUT2D eigenvalue weighted by Crippen LogP contribution is 2.10. The maximum absolute atomic E-state index is 5.64. The van der Waals surface area contributed by atoms with Crippen molar-refractivity contribution in [2.24, 2.45) is 0 Å². The van der Waals surface area contributed by atoms with Crippen LogP contribution in [0.15, 0.2) is 28.9 Å². The van der Waals surface area contributed by atoms with Crippen LogP contribution in [-0.4, -0.2) is 16.6 Å². The molecule has 15 heavy (non-hydrogen) atoms. The molecule has 1 N–H and O–H groups in total. The van der Waals surface area contributed by atoms with E-state index in [1.54, 1.807) is 6.20 Å². The second-order valence-corrected chi connectivity index (χ2v) is 3.50. The molecule has 2 aromatic heterocycles. The molecule has 0 saturated carbocycles. The third-order valence-corrected chi connectivity index (χ3v) is 2.32. The molecule has 0 amide bonds. The van der Waals surface area contributed by atoms with Crippen LogP contribution >= 0.6 is 0 Å². The highest BCUT2D eigenvalue weighted by atomic mass is 16.3. The molecule has 0 unspecified atom stereocenters. The molecule has 0 fully saturated rings. The summed E-state index contributed by atoms with van der Waals surface area (Å²) in [5, 5.41) is 3.05. The maximum atomic E-state index is 5.64. The van der Waals surface area contributed by atoms with E-state index in [1.807, 2.05) is 32.3 Å². The Hall–Kier alpha value is -1.55. The summed E-state index contributed by atoms with van der Waals surface area (Å²) in [5.74, 6) is 2.92. The molecule has 0 spiro atoms. The minimum atomic E-state index is 0.746. The van der Waals surface area contributed by atoms with Crippen molar-refractivity contribution < 1.29 is 4.42 Å². The first-order valence-electron chi connectivity index (χ1n) is 4.99. The molecule has 0 bridgehead atoms. The van der Waals surface area contributed by atoms with Gasteiger partial charge in [-0.15, -0.1) is 0 Å². The fraction of sp³-hybridized carbons (Fsp3) is 0.364. The Bertz CT molecular complexity index is 430. The minimum Gasteiger partial charge on any atom is -0.463 e. The van der Waals surface area contributed by atoms with E-state index in [1.165, 1.54) is 0 Å². The van der Waals surface area contributed by atoms with Crippen LogP contribution in [0.1, 0.15) is 17.3 Å². The molecule has 2 aromatic rings. The smallest absolute Gasteiger partial charge is 0.123 e. The Morgan fingerprint density at radius 3 is 2.87 bits per heavy atom. The van der Waals surface area contributed by atoms with Gasteiger partial charge >= 0.3 is 0 Å². The second kappa shape index (κ2) is 4.31. The van der Waals surface area contributed by atoms with E-state index in [0.717, 1.165) is 30.4 Å². The number of nitrogens with zero attached hydrogens (tertiary/aromatic N) is 2. The molecule has 2 heterocycles. The molecular weight excluding hydrogens is 190 g/mol. The zero-order valence-corrected chi connectivity index (χ0v) is 9.03. The van der Waals surface area contributed by atoms with Crippen LogP contribution in [0.25, 0.3) is 0 Å². The zero-order valence-electron chi connectivity index (χ0n) is 9.03. The predicted molar refractivity (Wildman–Crippen MR) is 57.5 cm³/mol. The number of hydrogen-bond donors (Lipinski definition) is 1. The molecule has 4 nitrogen and oxygen atoms in total. The van der Waals surface area contributed by atoms with Crippen LogP contribution in [0.4, 0.5) is 0 Å². The van der Waals surface area contributed by atoms with Crippen molar-refractivity contribution in [1.82, 2.24) is 14.9 Å². The minimum absolute atomic E-state index is 0.746. The third-order valence-electron chi connectivity index (χ3n) is 2.32. The Morgan fingerprint density at radius 1 is 1.40 bits per heavy atom. The molecule has 2 rings (SSSR count). The largest absolute Gasteiger partial charge is 0.463 e. The lowest BCUT2D eigenvalue weighted by atomic mass is 10.4. The first-order valence-corrected chi connectivity index (χ1v) is 4.99. The van der Waals surface area contributed by atoms with Crippen LogP contribution in [0.3, 0.4) is 0 Å². The van der Waals surface area contributed by atoms with Gasteiger partial charge in [0, 0.05) is 12.4 Å². The summed E-state index contributed by atoms with van der Waals surface area (Å²) in [4.78, 5) is 4.16. The van der Waals surface area contributed by atoms with E-state index in [0.29, 0.717) is 0 Å². The first-order chi connectivity index (χ1) is 7.29. The van der Waals surface area contributed by atoms with Gasteiger partial charge in [0.1, 0.15) is 17.3 Å². The van der Waals surface area contributed by atoms with Crippen molar-refractivity contribution in [2.75, 3.05) is 7.05 Å². The molecule has 0 aliphatic heterocycles. The van der Waals surface area contributed by atoms with Gasteiger partial charge in [-0.05, 0) is 26.1 Å². The summed E-state index contributed by atoms with van der Waals surface area (Å²) in [7, 11) is 1.90. The van der Waals surface area contributed by atoms with Gasteiger partial charge in [-0.3, -0.25) is 0 Å². The Balaban J connectivity index is 2.08. The molecule has 0 saturated heterocycles. The van der Waals surface area contributed by atoms with E-state index in [9.17, 15) is 0 Å². The first kappa shape index (κ1) is 9.98. The Kier molecular flexibility index (Phi) is 2.87. The van der Waals surface area contributed by atoms with E-state index in [4.69, 9.17) is 4.42 Å². The van der Waals surface area contributed by atoms with Crippen LogP contribution in [0.5, 0.6) is 0 Å². The highest BCUT2D eigenvalue weighted by Gasteiger charge is 2.03. The highest BCUT2D eigenvalue weighted by molar-refractivity contribution is 5.08. The average molecular weight is 205 g/mol. The van der Waals surface area contributed by atoms with Gasteiger partial charge < -0.3 is 14.3 Å². The number of nitrogens with one attached hydrogen (secondary N) is 1. The number of imidazole rings is 1. The zero-order chi connectivity index (χ0) is 10.7. The summed E-state index contributed by atoms with van der Waals surface area (Å²) < 4.78 is 7.70. The monoisotopic (exact) mass is 205 g/mol. The van der Waals surface area contributed by atoms with Gasteiger partial charge in [0.25, 0.3) is 0 Å². The fourth-order valence-corrected chi connectivity index (χ4v) is 1.52. The quantitative estimate of drug-likeness (QED) is 0.823.